The number of halogens is 2. The summed E-state index contributed by atoms with van der Waals surface area (Å²) >= 11 is 0. The Morgan fingerprint density at radius 3 is 2.52 bits per heavy atom. The molecule has 1 N–H and O–H groups in total. The third kappa shape index (κ3) is 3.14. The van der Waals surface area contributed by atoms with Gasteiger partial charge in [0.25, 0.3) is 0 Å². The van der Waals surface area contributed by atoms with Gasteiger partial charge >= 0.3 is 5.69 Å². The van der Waals surface area contributed by atoms with Crippen LogP contribution >= 0.6 is 0 Å². The van der Waals surface area contributed by atoms with Crippen LogP contribution in [0, 0.1) is 21.7 Å². The number of aliphatic hydroxyl groups is 1. The van der Waals surface area contributed by atoms with Crippen molar-refractivity contribution in [3.63, 3.8) is 0 Å². The molecule has 110 valence electrons. The standard InChI is InChI=1S/C14H11F2NO4/c1-8(18)9-5-6-13(11(16)7-9)21-14-10(15)3-2-4-12(14)17(19)20/h2-8,18H,1H3. The van der Waals surface area contributed by atoms with E-state index in [1.807, 2.05) is 0 Å². The van der Waals surface area contributed by atoms with Crippen LogP contribution in [0.3, 0.4) is 0 Å². The predicted molar refractivity (Wildman–Crippen MR) is 70.2 cm³/mol. The number of aliphatic hydroxyl groups excluding tert-OH is 1. The fourth-order valence-electron chi connectivity index (χ4n) is 1.71. The van der Waals surface area contributed by atoms with Crippen LogP contribution in [0.15, 0.2) is 36.4 Å². The Hall–Kier alpha value is -2.54. The molecule has 0 aliphatic heterocycles. The first-order chi connectivity index (χ1) is 9.90. The highest BCUT2D eigenvalue weighted by atomic mass is 19.1. The van der Waals surface area contributed by atoms with Crippen molar-refractivity contribution < 1.29 is 23.5 Å². The minimum absolute atomic E-state index is 0.308. The summed E-state index contributed by atoms with van der Waals surface area (Å²) in [6.07, 6.45) is -0.878. The number of nitrogens with zero attached hydrogens (tertiary/aromatic N) is 1. The van der Waals surface area contributed by atoms with Gasteiger partial charge in [-0.05, 0) is 30.7 Å². The number of ether oxygens (including phenoxy) is 1. The monoisotopic (exact) mass is 295 g/mol. The van der Waals surface area contributed by atoms with E-state index < -0.39 is 34.1 Å². The average Bonchev–Trinajstić information content (AvgIpc) is 2.42. The normalized spacial score (nSPS) is 12.0. The van der Waals surface area contributed by atoms with Crippen molar-refractivity contribution in [1.29, 1.82) is 0 Å². The van der Waals surface area contributed by atoms with Crippen LogP contribution in [0.1, 0.15) is 18.6 Å². The molecule has 0 aliphatic carbocycles. The van der Waals surface area contributed by atoms with Crippen LogP contribution in [-0.4, -0.2) is 10.0 Å². The lowest BCUT2D eigenvalue weighted by Crippen LogP contribution is -1.98. The van der Waals surface area contributed by atoms with E-state index in [0.29, 0.717) is 5.56 Å². The van der Waals surface area contributed by atoms with Crippen molar-refractivity contribution >= 4 is 5.69 Å². The minimum atomic E-state index is -0.969. The first-order valence-electron chi connectivity index (χ1n) is 5.98. The SMILES string of the molecule is CC(O)c1ccc(Oc2c(F)cccc2[N+](=O)[O-])c(F)c1. The molecule has 2 aromatic rings. The lowest BCUT2D eigenvalue weighted by Gasteiger charge is -2.10. The van der Waals surface area contributed by atoms with Crippen molar-refractivity contribution in [2.75, 3.05) is 0 Å². The van der Waals surface area contributed by atoms with Gasteiger partial charge in [0.2, 0.25) is 5.75 Å². The maximum absolute atomic E-state index is 13.8. The fraction of sp³-hybridized carbons (Fsp3) is 0.143. The van der Waals surface area contributed by atoms with Gasteiger partial charge in [-0.3, -0.25) is 10.1 Å². The molecule has 0 bridgehead atoms. The molecule has 0 amide bonds. The Kier molecular flexibility index (Phi) is 4.13. The Balaban J connectivity index is 2.41. The van der Waals surface area contributed by atoms with Gasteiger partial charge in [0, 0.05) is 6.07 Å². The van der Waals surface area contributed by atoms with Crippen molar-refractivity contribution in [1.82, 2.24) is 0 Å². The maximum atomic E-state index is 13.8. The van der Waals surface area contributed by atoms with Crippen molar-refractivity contribution in [3.05, 3.63) is 63.7 Å². The van der Waals surface area contributed by atoms with E-state index in [1.165, 1.54) is 19.1 Å². The topological polar surface area (TPSA) is 72.6 Å². The molecule has 1 atom stereocenters. The highest BCUT2D eigenvalue weighted by molar-refractivity contribution is 5.49. The summed E-state index contributed by atoms with van der Waals surface area (Å²) in [6, 6.07) is 6.77. The number of rotatable bonds is 4. The second-order valence-corrected chi connectivity index (χ2v) is 4.31. The molecule has 0 aliphatic rings. The zero-order valence-corrected chi connectivity index (χ0v) is 10.9. The first-order valence-corrected chi connectivity index (χ1v) is 5.98. The van der Waals surface area contributed by atoms with Crippen molar-refractivity contribution in [3.8, 4) is 11.5 Å². The number of nitro benzene ring substituents is 1. The van der Waals surface area contributed by atoms with Gasteiger partial charge in [-0.15, -0.1) is 0 Å². The van der Waals surface area contributed by atoms with E-state index in [-0.39, 0.29) is 5.75 Å². The van der Waals surface area contributed by atoms with Gasteiger partial charge in [0.1, 0.15) is 0 Å². The van der Waals surface area contributed by atoms with Crippen LogP contribution in [0.25, 0.3) is 0 Å². The number of hydrogen-bond donors (Lipinski definition) is 1. The van der Waals surface area contributed by atoms with Gasteiger partial charge < -0.3 is 9.84 Å². The third-order valence-electron chi connectivity index (χ3n) is 2.79. The molecule has 0 spiro atoms. The predicted octanol–water partition coefficient (Wildman–Crippen LogP) is 3.72. The van der Waals surface area contributed by atoms with Gasteiger partial charge in [0.05, 0.1) is 11.0 Å². The third-order valence-corrected chi connectivity index (χ3v) is 2.79. The molecule has 1 unspecified atom stereocenters. The molecule has 5 nitrogen and oxygen atoms in total. The summed E-state index contributed by atoms with van der Waals surface area (Å²) < 4.78 is 32.5. The van der Waals surface area contributed by atoms with E-state index in [2.05, 4.69) is 0 Å². The van der Waals surface area contributed by atoms with E-state index in [1.54, 1.807) is 0 Å². The summed E-state index contributed by atoms with van der Waals surface area (Å²) in [4.78, 5) is 10.0. The quantitative estimate of drug-likeness (QED) is 0.689. The molecule has 0 saturated heterocycles. The highest BCUT2D eigenvalue weighted by Crippen LogP contribution is 2.35. The van der Waals surface area contributed by atoms with E-state index in [4.69, 9.17) is 4.74 Å². The fourth-order valence-corrected chi connectivity index (χ4v) is 1.71. The average molecular weight is 295 g/mol. The molecule has 0 radical (unpaired) electrons. The number of hydrogen-bond acceptors (Lipinski definition) is 4. The van der Waals surface area contributed by atoms with Crippen molar-refractivity contribution in [2.24, 2.45) is 0 Å². The second kappa shape index (κ2) is 5.84. The summed E-state index contributed by atoms with van der Waals surface area (Å²) in [5, 5.41) is 20.2. The van der Waals surface area contributed by atoms with Crippen molar-refractivity contribution in [2.45, 2.75) is 13.0 Å². The molecule has 21 heavy (non-hydrogen) atoms. The molecule has 0 heterocycles. The summed E-state index contributed by atoms with van der Waals surface area (Å²) in [5.41, 5.74) is -0.295. The van der Waals surface area contributed by atoms with Crippen LogP contribution in [0.5, 0.6) is 11.5 Å². The zero-order chi connectivity index (χ0) is 15.6. The van der Waals surface area contributed by atoms with Crippen LogP contribution < -0.4 is 4.74 Å². The van der Waals surface area contributed by atoms with Gasteiger partial charge in [-0.25, -0.2) is 8.78 Å². The Bertz CT molecular complexity index is 689. The smallest absolute Gasteiger partial charge is 0.314 e. The largest absolute Gasteiger partial charge is 0.444 e. The Morgan fingerprint density at radius 1 is 1.24 bits per heavy atom. The molecule has 7 heteroatoms. The lowest BCUT2D eigenvalue weighted by molar-refractivity contribution is -0.385. The first kappa shape index (κ1) is 14.9. The van der Waals surface area contributed by atoms with Crippen LogP contribution in [0.2, 0.25) is 0 Å². The molecule has 2 aromatic carbocycles. The van der Waals surface area contributed by atoms with Crippen LogP contribution in [-0.2, 0) is 0 Å². The van der Waals surface area contributed by atoms with Crippen LogP contribution in [0.4, 0.5) is 14.5 Å². The lowest BCUT2D eigenvalue weighted by atomic mass is 10.1. The van der Waals surface area contributed by atoms with E-state index in [0.717, 1.165) is 24.3 Å². The molecular weight excluding hydrogens is 284 g/mol. The number of nitro groups is 1. The van der Waals surface area contributed by atoms with Gasteiger partial charge in [0.15, 0.2) is 17.4 Å². The van der Waals surface area contributed by atoms with Gasteiger partial charge in [-0.2, -0.15) is 0 Å². The minimum Gasteiger partial charge on any atom is -0.444 e. The van der Waals surface area contributed by atoms with E-state index in [9.17, 15) is 24.0 Å². The Labute approximate surface area is 118 Å². The summed E-state index contributed by atoms with van der Waals surface area (Å²) in [7, 11) is 0. The molecule has 0 aromatic heterocycles. The maximum Gasteiger partial charge on any atom is 0.314 e. The summed E-state index contributed by atoms with van der Waals surface area (Å²) in [6.45, 7) is 1.46. The number of benzene rings is 2. The molecule has 2 rings (SSSR count). The second-order valence-electron chi connectivity index (χ2n) is 4.31. The van der Waals surface area contributed by atoms with E-state index >= 15 is 0 Å². The zero-order valence-electron chi connectivity index (χ0n) is 10.9. The highest BCUT2D eigenvalue weighted by Gasteiger charge is 2.21. The summed E-state index contributed by atoms with van der Waals surface area (Å²) in [5.74, 6) is -2.85. The van der Waals surface area contributed by atoms with Gasteiger partial charge in [-0.1, -0.05) is 12.1 Å². The molecule has 0 fully saturated rings. The molecule has 0 saturated carbocycles. The number of para-hydroxylation sites is 1. The Morgan fingerprint density at radius 2 is 1.95 bits per heavy atom. The molecular formula is C14H11F2NO4.